The SMILES string of the molecule is CCc1nc2c(C)cc(N3CC4(CCN(S(=O)(=O)CCCCl)C4)C3)cn2c1N(C)c1nc(-c2ccc(F)cc2)c(C#N)s1. The van der Waals surface area contributed by atoms with E-state index >= 15 is 0 Å². The van der Waals surface area contributed by atoms with Crippen LogP contribution in [-0.4, -0.2) is 72.0 Å². The number of pyridine rings is 1. The Balaban J connectivity index is 1.29. The molecule has 2 aliphatic heterocycles. The van der Waals surface area contributed by atoms with Crippen LogP contribution in [0.3, 0.4) is 0 Å². The molecule has 0 saturated carbocycles. The van der Waals surface area contributed by atoms with Crippen molar-refractivity contribution in [1.29, 1.82) is 5.26 Å². The van der Waals surface area contributed by atoms with E-state index in [9.17, 15) is 18.1 Å². The van der Waals surface area contributed by atoms with E-state index < -0.39 is 10.0 Å². The number of benzene rings is 1. The van der Waals surface area contributed by atoms with Gasteiger partial charge in [0.1, 0.15) is 33.9 Å². The number of thiazole rings is 1. The van der Waals surface area contributed by atoms with Crippen molar-refractivity contribution >= 4 is 55.2 Å². The van der Waals surface area contributed by atoms with Gasteiger partial charge in [-0.25, -0.2) is 27.1 Å². The number of hydrogen-bond donors (Lipinski definition) is 0. The molecule has 2 saturated heterocycles. The zero-order chi connectivity index (χ0) is 30.5. The number of nitrogens with zero attached hydrogens (tertiary/aromatic N) is 7. The number of hydrogen-bond acceptors (Lipinski definition) is 8. The van der Waals surface area contributed by atoms with E-state index in [4.69, 9.17) is 21.6 Å². The average Bonchev–Trinajstić information content (AvgIpc) is 3.71. The summed E-state index contributed by atoms with van der Waals surface area (Å²) in [5.74, 6) is 0.976. The highest BCUT2D eigenvalue weighted by molar-refractivity contribution is 7.89. The Labute approximate surface area is 260 Å². The maximum absolute atomic E-state index is 13.5. The molecule has 5 heterocycles. The largest absolute Gasteiger partial charge is 0.369 e. The Morgan fingerprint density at radius 2 is 1.95 bits per heavy atom. The summed E-state index contributed by atoms with van der Waals surface area (Å²) >= 11 is 7.03. The normalized spacial score (nSPS) is 16.6. The zero-order valence-electron chi connectivity index (χ0n) is 24.3. The van der Waals surface area contributed by atoms with E-state index in [0.717, 1.165) is 47.9 Å². The minimum absolute atomic E-state index is 0.0363. The molecule has 43 heavy (non-hydrogen) atoms. The van der Waals surface area contributed by atoms with Crippen molar-refractivity contribution in [3.05, 3.63) is 58.5 Å². The number of anilines is 3. The molecule has 2 aliphatic rings. The fourth-order valence-electron chi connectivity index (χ4n) is 6.22. The monoisotopic (exact) mass is 641 g/mol. The van der Waals surface area contributed by atoms with Gasteiger partial charge >= 0.3 is 0 Å². The van der Waals surface area contributed by atoms with E-state index in [1.165, 1.54) is 23.5 Å². The van der Waals surface area contributed by atoms with Crippen molar-refractivity contribution in [2.45, 2.75) is 33.1 Å². The molecule has 0 N–H and O–H groups in total. The van der Waals surface area contributed by atoms with E-state index in [2.05, 4.69) is 41.5 Å². The standard InChI is InChI=1S/C30H33ClFN7O2S2/c1-4-24-28(36(3)29-35-26(25(15-33)42-29)21-6-8-22(32)9-7-21)39-16-23(14-20(2)27(39)34-24)37-17-30(18-37)10-12-38(19-30)43(40,41)13-5-11-31/h6-9,14,16H,4-5,10-13,17-19H2,1-3H3. The number of alkyl halides is 1. The number of aromatic nitrogens is 3. The van der Waals surface area contributed by atoms with E-state index in [0.29, 0.717) is 53.1 Å². The molecule has 1 aromatic carbocycles. The molecule has 0 radical (unpaired) electrons. The zero-order valence-corrected chi connectivity index (χ0v) is 26.7. The molecule has 226 valence electrons. The average molecular weight is 642 g/mol. The van der Waals surface area contributed by atoms with Crippen LogP contribution in [0.4, 0.5) is 21.0 Å². The predicted octanol–water partition coefficient (Wildman–Crippen LogP) is 5.58. The summed E-state index contributed by atoms with van der Waals surface area (Å²) in [4.78, 5) is 14.5. The molecule has 0 unspecified atom stereocenters. The molecule has 13 heteroatoms. The third-order valence-corrected chi connectivity index (χ3v) is 11.7. The lowest BCUT2D eigenvalue weighted by Gasteiger charge is -2.49. The first kappa shape index (κ1) is 29.8. The van der Waals surface area contributed by atoms with Crippen LogP contribution in [0.25, 0.3) is 16.9 Å². The molecule has 9 nitrogen and oxygen atoms in total. The van der Waals surface area contributed by atoms with Crippen molar-refractivity contribution < 1.29 is 12.8 Å². The fraction of sp³-hybridized carbons (Fsp3) is 0.433. The summed E-state index contributed by atoms with van der Waals surface area (Å²) in [6.07, 6.45) is 4.12. The highest BCUT2D eigenvalue weighted by Crippen LogP contribution is 2.44. The van der Waals surface area contributed by atoms with Gasteiger partial charge in [0.2, 0.25) is 10.0 Å². The van der Waals surface area contributed by atoms with Crippen LogP contribution < -0.4 is 9.80 Å². The number of fused-ring (bicyclic) bond motifs is 1. The van der Waals surface area contributed by atoms with Gasteiger partial charge in [0.15, 0.2) is 5.13 Å². The lowest BCUT2D eigenvalue weighted by molar-refractivity contribution is 0.230. The van der Waals surface area contributed by atoms with E-state index in [1.807, 2.05) is 11.9 Å². The third-order valence-electron chi connectivity index (χ3n) is 8.46. The van der Waals surface area contributed by atoms with Gasteiger partial charge in [-0.1, -0.05) is 18.3 Å². The smallest absolute Gasteiger partial charge is 0.214 e. The minimum atomic E-state index is -3.28. The molecule has 3 aromatic heterocycles. The second-order valence-electron chi connectivity index (χ2n) is 11.5. The van der Waals surface area contributed by atoms with Crippen molar-refractivity contribution in [3.8, 4) is 17.3 Å². The fourth-order valence-corrected chi connectivity index (χ4v) is 8.96. The first-order chi connectivity index (χ1) is 20.6. The lowest BCUT2D eigenvalue weighted by atomic mass is 9.79. The first-order valence-electron chi connectivity index (χ1n) is 14.3. The molecular weight excluding hydrogens is 609 g/mol. The second kappa shape index (κ2) is 11.4. The molecular formula is C30H33ClFN7O2S2. The van der Waals surface area contributed by atoms with Crippen molar-refractivity contribution in [2.75, 3.05) is 54.7 Å². The topological polar surface area (TPSA) is 97.8 Å². The van der Waals surface area contributed by atoms with Crippen LogP contribution in [0.1, 0.15) is 35.9 Å². The van der Waals surface area contributed by atoms with Gasteiger partial charge in [-0.3, -0.25) is 4.40 Å². The molecule has 0 aliphatic carbocycles. The molecule has 0 amide bonds. The van der Waals surface area contributed by atoms with Crippen molar-refractivity contribution in [3.63, 3.8) is 0 Å². The van der Waals surface area contributed by atoms with Crippen molar-refractivity contribution in [2.24, 2.45) is 5.41 Å². The van der Waals surface area contributed by atoms with Gasteiger partial charge in [0, 0.05) is 56.3 Å². The molecule has 0 bridgehead atoms. The Kier molecular flexibility index (Phi) is 7.87. The lowest BCUT2D eigenvalue weighted by Crippen LogP contribution is -2.58. The predicted molar refractivity (Wildman–Crippen MR) is 170 cm³/mol. The molecule has 0 atom stereocenters. The number of nitriles is 1. The van der Waals surface area contributed by atoms with Gasteiger partial charge in [-0.15, -0.1) is 11.6 Å². The quantitative estimate of drug-likeness (QED) is 0.220. The molecule has 1 spiro atoms. The summed E-state index contributed by atoms with van der Waals surface area (Å²) < 4.78 is 42.8. The molecule has 2 fully saturated rings. The molecule has 6 rings (SSSR count). The van der Waals surface area contributed by atoms with E-state index in [-0.39, 0.29) is 17.0 Å². The van der Waals surface area contributed by atoms with Crippen LogP contribution in [0.5, 0.6) is 0 Å². The summed E-state index contributed by atoms with van der Waals surface area (Å²) in [5.41, 5.74) is 5.03. The summed E-state index contributed by atoms with van der Waals surface area (Å²) in [7, 11) is -1.36. The van der Waals surface area contributed by atoms with Gasteiger partial charge in [0.05, 0.1) is 17.1 Å². The molecule has 4 aromatic rings. The first-order valence-corrected chi connectivity index (χ1v) is 17.2. The van der Waals surface area contributed by atoms with Crippen molar-refractivity contribution in [1.82, 2.24) is 18.7 Å². The van der Waals surface area contributed by atoms with Crippen LogP contribution in [-0.2, 0) is 16.4 Å². The van der Waals surface area contributed by atoms with E-state index in [1.54, 1.807) is 16.4 Å². The van der Waals surface area contributed by atoms with Gasteiger partial charge in [-0.2, -0.15) is 5.26 Å². The third kappa shape index (κ3) is 5.37. The van der Waals surface area contributed by atoms with Crippen LogP contribution in [0, 0.1) is 29.5 Å². The maximum Gasteiger partial charge on any atom is 0.214 e. The highest BCUT2D eigenvalue weighted by atomic mass is 35.5. The number of sulfonamides is 1. The van der Waals surface area contributed by atoms with Crippen LogP contribution in [0.15, 0.2) is 36.5 Å². The Morgan fingerprint density at radius 3 is 2.63 bits per heavy atom. The van der Waals surface area contributed by atoms with Crippen LogP contribution >= 0.6 is 22.9 Å². The van der Waals surface area contributed by atoms with Gasteiger partial charge < -0.3 is 9.80 Å². The van der Waals surface area contributed by atoms with Gasteiger partial charge in [-0.05, 0) is 62.1 Å². The number of imidazole rings is 1. The summed E-state index contributed by atoms with van der Waals surface area (Å²) in [5, 5.41) is 10.5. The van der Waals surface area contributed by atoms with Crippen LogP contribution in [0.2, 0.25) is 0 Å². The Morgan fingerprint density at radius 1 is 1.21 bits per heavy atom. The second-order valence-corrected chi connectivity index (χ2v) is 14.9. The number of aryl methyl sites for hydroxylation is 2. The summed E-state index contributed by atoms with van der Waals surface area (Å²) in [6.45, 7) is 6.81. The highest BCUT2D eigenvalue weighted by Gasteiger charge is 2.50. The number of rotatable bonds is 9. The Hall–Kier alpha value is -3.24. The van der Waals surface area contributed by atoms with Gasteiger partial charge in [0.25, 0.3) is 0 Å². The maximum atomic E-state index is 13.5. The minimum Gasteiger partial charge on any atom is -0.369 e. The number of halogens is 2. The summed E-state index contributed by atoms with van der Waals surface area (Å²) in [6, 6.07) is 10.4. The Bertz CT molecular complexity index is 1830.